The van der Waals surface area contributed by atoms with Gasteiger partial charge in [0.25, 0.3) is 0 Å². The number of azo groups is 1. The van der Waals surface area contributed by atoms with Gasteiger partial charge in [0.2, 0.25) is 5.72 Å². The summed E-state index contributed by atoms with van der Waals surface area (Å²) in [5.74, 6) is 0. The van der Waals surface area contributed by atoms with Crippen molar-refractivity contribution in [2.75, 3.05) is 0 Å². The van der Waals surface area contributed by atoms with E-state index in [-0.39, 0.29) is 6.10 Å². The molecule has 15 heavy (non-hydrogen) atoms. The maximum absolute atomic E-state index is 5.45. The minimum absolute atomic E-state index is 0.0787. The van der Waals surface area contributed by atoms with E-state index in [1.165, 1.54) is 0 Å². The molecule has 0 saturated carbocycles. The Balaban J connectivity index is 1.80. The Morgan fingerprint density at radius 1 is 1.13 bits per heavy atom. The van der Waals surface area contributed by atoms with E-state index in [2.05, 4.69) is 10.2 Å². The van der Waals surface area contributed by atoms with Gasteiger partial charge < -0.3 is 4.74 Å². The van der Waals surface area contributed by atoms with Crippen LogP contribution in [0, 0.1) is 0 Å². The molecule has 74 valence electrons. The smallest absolute Gasteiger partial charge is 0.229 e. The minimum atomic E-state index is -0.509. The fourth-order valence-corrected chi connectivity index (χ4v) is 1.58. The zero-order chi connectivity index (χ0) is 10.1. The third-order valence-corrected chi connectivity index (χ3v) is 2.48. The van der Waals surface area contributed by atoms with Crippen molar-refractivity contribution in [1.29, 1.82) is 0 Å². The van der Waals surface area contributed by atoms with Crippen LogP contribution in [0.2, 0.25) is 0 Å². The van der Waals surface area contributed by atoms with Crippen LogP contribution in [0.4, 0.5) is 5.69 Å². The summed E-state index contributed by atoms with van der Waals surface area (Å²) in [5, 5.41) is 8.38. The van der Waals surface area contributed by atoms with Crippen LogP contribution in [0.1, 0.15) is 0 Å². The summed E-state index contributed by atoms with van der Waals surface area (Å²) in [6.45, 7) is 0. The van der Waals surface area contributed by atoms with Crippen LogP contribution in [-0.4, -0.2) is 11.8 Å². The quantitative estimate of drug-likeness (QED) is 0.531. The molecule has 0 aromatic heterocycles. The maximum Gasteiger partial charge on any atom is 0.229 e. The molecule has 1 fully saturated rings. The molecule has 1 aromatic rings. The van der Waals surface area contributed by atoms with E-state index in [1.807, 2.05) is 54.6 Å². The Morgan fingerprint density at radius 3 is 2.80 bits per heavy atom. The number of hydrogen-bond donors (Lipinski definition) is 0. The van der Waals surface area contributed by atoms with E-state index in [0.717, 1.165) is 5.69 Å². The van der Waals surface area contributed by atoms with E-state index in [0.29, 0.717) is 0 Å². The van der Waals surface area contributed by atoms with Gasteiger partial charge in [-0.1, -0.05) is 36.4 Å². The lowest BCUT2D eigenvalue weighted by atomic mass is 10.1. The highest BCUT2D eigenvalue weighted by Crippen LogP contribution is 2.43. The number of ether oxygens (including phenoxy) is 1. The topological polar surface area (TPSA) is 37.2 Å². The SMILES string of the molecule is C1=CC2OC2(N=Nc2ccccc2)C=C1. The number of hydrogen-bond acceptors (Lipinski definition) is 3. The lowest BCUT2D eigenvalue weighted by Crippen LogP contribution is -2.07. The largest absolute Gasteiger partial charge is 0.333 e. The van der Waals surface area contributed by atoms with Gasteiger partial charge in [0.1, 0.15) is 6.10 Å². The van der Waals surface area contributed by atoms with E-state index >= 15 is 0 Å². The van der Waals surface area contributed by atoms with Crippen molar-refractivity contribution in [3.8, 4) is 0 Å². The zero-order valence-electron chi connectivity index (χ0n) is 8.08. The summed E-state index contributed by atoms with van der Waals surface area (Å²) in [5.41, 5.74) is 0.342. The van der Waals surface area contributed by atoms with Crippen LogP contribution in [0.15, 0.2) is 64.9 Å². The first-order valence-electron chi connectivity index (χ1n) is 4.91. The third kappa shape index (κ3) is 1.51. The molecular formula is C12H10N2O. The van der Waals surface area contributed by atoms with Gasteiger partial charge in [0.05, 0.1) is 5.69 Å². The van der Waals surface area contributed by atoms with Gasteiger partial charge in [0, 0.05) is 0 Å². The number of rotatable bonds is 2. The first-order valence-corrected chi connectivity index (χ1v) is 4.91. The summed E-state index contributed by atoms with van der Waals surface area (Å²) in [6, 6.07) is 9.67. The molecule has 1 saturated heterocycles. The normalized spacial score (nSPS) is 31.9. The molecule has 2 atom stereocenters. The highest BCUT2D eigenvalue weighted by molar-refractivity contribution is 5.36. The standard InChI is InChI=1S/C12H10N2O/c1-2-6-10(7-3-1)13-14-12-9-5-4-8-11(12)15-12/h1-9,11H. The first-order chi connectivity index (χ1) is 7.39. The van der Waals surface area contributed by atoms with Crippen LogP contribution in [0.5, 0.6) is 0 Å². The predicted molar refractivity (Wildman–Crippen MR) is 56.8 cm³/mol. The molecule has 2 unspecified atom stereocenters. The second-order valence-corrected chi connectivity index (χ2v) is 3.57. The molecule has 3 rings (SSSR count). The highest BCUT2D eigenvalue weighted by Gasteiger charge is 2.55. The molecule has 0 N–H and O–H groups in total. The van der Waals surface area contributed by atoms with Crippen molar-refractivity contribution in [3.63, 3.8) is 0 Å². The molecule has 2 aliphatic rings. The molecule has 0 amide bonds. The van der Waals surface area contributed by atoms with E-state index in [1.54, 1.807) is 0 Å². The number of allylic oxidation sites excluding steroid dienone is 2. The van der Waals surface area contributed by atoms with Crippen molar-refractivity contribution in [2.24, 2.45) is 10.2 Å². The second kappa shape index (κ2) is 3.14. The summed E-state index contributed by atoms with van der Waals surface area (Å²) in [7, 11) is 0. The average molecular weight is 198 g/mol. The molecule has 0 radical (unpaired) electrons. The molecule has 3 nitrogen and oxygen atoms in total. The monoisotopic (exact) mass is 198 g/mol. The molecule has 1 aliphatic heterocycles. The van der Waals surface area contributed by atoms with Gasteiger partial charge in [-0.15, -0.1) is 5.11 Å². The molecule has 0 bridgehead atoms. The lowest BCUT2D eigenvalue weighted by molar-refractivity contribution is 0.341. The number of fused-ring (bicyclic) bond motifs is 1. The van der Waals surface area contributed by atoms with Crippen LogP contribution in [-0.2, 0) is 4.74 Å². The highest BCUT2D eigenvalue weighted by atomic mass is 16.6. The van der Waals surface area contributed by atoms with Gasteiger partial charge in [-0.2, -0.15) is 5.11 Å². The van der Waals surface area contributed by atoms with Crippen molar-refractivity contribution >= 4 is 5.69 Å². The van der Waals surface area contributed by atoms with Crippen molar-refractivity contribution in [1.82, 2.24) is 0 Å². The van der Waals surface area contributed by atoms with E-state index < -0.39 is 5.72 Å². The average Bonchev–Trinajstić information content (AvgIpc) is 3.03. The number of nitrogens with zero attached hydrogens (tertiary/aromatic N) is 2. The fraction of sp³-hybridized carbons (Fsp3) is 0.167. The van der Waals surface area contributed by atoms with Gasteiger partial charge in [-0.25, -0.2) is 0 Å². The van der Waals surface area contributed by atoms with Gasteiger partial charge in [-0.05, 0) is 18.2 Å². The second-order valence-electron chi connectivity index (χ2n) is 3.57. The first kappa shape index (κ1) is 8.56. The molecular weight excluding hydrogens is 188 g/mol. The lowest BCUT2D eigenvalue weighted by Gasteiger charge is -1.99. The molecule has 1 heterocycles. The van der Waals surface area contributed by atoms with Crippen molar-refractivity contribution in [2.45, 2.75) is 11.8 Å². The molecule has 0 spiro atoms. The van der Waals surface area contributed by atoms with Crippen LogP contribution in [0.3, 0.4) is 0 Å². The van der Waals surface area contributed by atoms with Crippen LogP contribution >= 0.6 is 0 Å². The van der Waals surface area contributed by atoms with Crippen molar-refractivity contribution < 1.29 is 4.74 Å². The van der Waals surface area contributed by atoms with Gasteiger partial charge in [0.15, 0.2) is 0 Å². The fourth-order valence-electron chi connectivity index (χ4n) is 1.58. The minimum Gasteiger partial charge on any atom is -0.333 e. The maximum atomic E-state index is 5.45. The summed E-state index contributed by atoms with van der Waals surface area (Å²) in [6.07, 6.45) is 7.91. The number of benzene rings is 1. The third-order valence-electron chi connectivity index (χ3n) is 2.48. The van der Waals surface area contributed by atoms with E-state index in [9.17, 15) is 0 Å². The van der Waals surface area contributed by atoms with Gasteiger partial charge >= 0.3 is 0 Å². The summed E-state index contributed by atoms with van der Waals surface area (Å²) >= 11 is 0. The van der Waals surface area contributed by atoms with Crippen LogP contribution < -0.4 is 0 Å². The van der Waals surface area contributed by atoms with Crippen molar-refractivity contribution in [3.05, 3.63) is 54.6 Å². The van der Waals surface area contributed by atoms with Crippen LogP contribution in [0.25, 0.3) is 0 Å². The predicted octanol–water partition coefficient (Wildman–Crippen LogP) is 2.99. The Bertz CT molecular complexity index is 450. The van der Waals surface area contributed by atoms with E-state index in [4.69, 9.17) is 4.74 Å². The zero-order valence-corrected chi connectivity index (χ0v) is 8.08. The van der Waals surface area contributed by atoms with Gasteiger partial charge in [-0.3, -0.25) is 0 Å². The summed E-state index contributed by atoms with van der Waals surface area (Å²) in [4.78, 5) is 0. The number of epoxide rings is 1. The Kier molecular flexibility index (Phi) is 1.79. The Hall–Kier alpha value is -1.74. The Morgan fingerprint density at radius 2 is 2.00 bits per heavy atom. The molecule has 1 aromatic carbocycles. The summed E-state index contributed by atoms with van der Waals surface area (Å²) < 4.78 is 5.45. The molecule has 3 heteroatoms. The molecule has 1 aliphatic carbocycles. The Labute approximate surface area is 87.8 Å².